The Balaban J connectivity index is 2.41. The molecule has 0 aromatic heterocycles. The van der Waals surface area contributed by atoms with Crippen molar-refractivity contribution in [3.8, 4) is 5.75 Å². The fourth-order valence-electron chi connectivity index (χ4n) is 2.59. The average Bonchev–Trinajstić information content (AvgIpc) is 2.60. The number of hydrogen-bond acceptors (Lipinski definition) is 4. The second-order valence-electron chi connectivity index (χ2n) is 5.65. The maximum absolute atomic E-state index is 12.8. The minimum Gasteiger partial charge on any atom is -0.497 e. The summed E-state index contributed by atoms with van der Waals surface area (Å²) in [6, 6.07) is 12.9. The van der Waals surface area contributed by atoms with Crippen molar-refractivity contribution < 1.29 is 17.9 Å². The van der Waals surface area contributed by atoms with E-state index in [1.165, 1.54) is 7.11 Å². The first-order chi connectivity index (χ1) is 12.3. The van der Waals surface area contributed by atoms with E-state index in [0.29, 0.717) is 23.5 Å². The molecular weight excluding hydrogens is 420 g/mol. The molecule has 1 atom stereocenters. The van der Waals surface area contributed by atoms with E-state index >= 15 is 0 Å². The molecule has 1 amide bonds. The summed E-state index contributed by atoms with van der Waals surface area (Å²) in [6.45, 7) is 1.77. The van der Waals surface area contributed by atoms with Crippen molar-refractivity contribution in [1.29, 1.82) is 0 Å². The molecule has 0 aliphatic rings. The molecule has 0 aliphatic carbocycles. The van der Waals surface area contributed by atoms with Crippen molar-refractivity contribution in [2.45, 2.75) is 19.4 Å². The first-order valence-electron chi connectivity index (χ1n) is 7.96. The predicted octanol–water partition coefficient (Wildman–Crippen LogP) is 3.64. The third kappa shape index (κ3) is 4.76. The number of ether oxygens (including phenoxy) is 1. The van der Waals surface area contributed by atoms with Gasteiger partial charge in [-0.15, -0.1) is 0 Å². The van der Waals surface area contributed by atoms with Crippen LogP contribution in [-0.2, 0) is 14.8 Å². The Morgan fingerprint density at radius 2 is 1.92 bits per heavy atom. The molecule has 0 bridgehead atoms. The molecule has 6 nitrogen and oxygen atoms in total. The van der Waals surface area contributed by atoms with Crippen molar-refractivity contribution in [2.24, 2.45) is 0 Å². The Labute approximate surface area is 162 Å². The van der Waals surface area contributed by atoms with Crippen LogP contribution in [0.25, 0.3) is 0 Å². The second kappa shape index (κ2) is 8.55. The quantitative estimate of drug-likeness (QED) is 0.712. The normalized spacial score (nSPS) is 12.3. The molecule has 0 saturated carbocycles. The monoisotopic (exact) mass is 440 g/mol. The minimum atomic E-state index is -3.70. The molecule has 8 heteroatoms. The predicted molar refractivity (Wildman–Crippen MR) is 107 cm³/mol. The summed E-state index contributed by atoms with van der Waals surface area (Å²) in [5.74, 6) is 0.102. The largest absolute Gasteiger partial charge is 0.497 e. The summed E-state index contributed by atoms with van der Waals surface area (Å²) in [7, 11) is -2.20. The van der Waals surface area contributed by atoms with Crippen LogP contribution in [-0.4, -0.2) is 33.7 Å². The molecule has 2 aromatic carbocycles. The summed E-state index contributed by atoms with van der Waals surface area (Å²) in [5, 5.41) is 2.79. The van der Waals surface area contributed by atoms with E-state index in [1.54, 1.807) is 49.4 Å². The fraction of sp³-hybridized carbons (Fsp3) is 0.278. The number of para-hydroxylation sites is 1. The smallest absolute Gasteiger partial charge is 0.248 e. The lowest BCUT2D eigenvalue weighted by atomic mass is 10.1. The number of halogens is 1. The van der Waals surface area contributed by atoms with Crippen LogP contribution in [0.5, 0.6) is 5.75 Å². The Kier molecular flexibility index (Phi) is 6.66. The number of hydrogen-bond donors (Lipinski definition) is 1. The fourth-order valence-corrected chi connectivity index (χ4v) is 4.17. The average molecular weight is 441 g/mol. The van der Waals surface area contributed by atoms with Crippen LogP contribution in [0.2, 0.25) is 0 Å². The lowest BCUT2D eigenvalue weighted by molar-refractivity contribution is -0.117. The van der Waals surface area contributed by atoms with Crippen LogP contribution in [0, 0.1) is 0 Å². The van der Waals surface area contributed by atoms with Gasteiger partial charge in [0.2, 0.25) is 15.9 Å². The molecule has 2 rings (SSSR count). The van der Waals surface area contributed by atoms with Crippen molar-refractivity contribution in [3.05, 3.63) is 53.0 Å². The number of amides is 1. The molecule has 0 radical (unpaired) electrons. The maximum atomic E-state index is 12.8. The van der Waals surface area contributed by atoms with Crippen LogP contribution in [0.15, 0.2) is 53.0 Å². The molecule has 0 heterocycles. The zero-order valence-corrected chi connectivity index (χ0v) is 17.2. The lowest BCUT2D eigenvalue weighted by Crippen LogP contribution is -2.47. The number of carbonyl (C=O) groups excluding carboxylic acids is 1. The van der Waals surface area contributed by atoms with Gasteiger partial charge in [0.15, 0.2) is 0 Å². The first-order valence-corrected chi connectivity index (χ1v) is 10.6. The van der Waals surface area contributed by atoms with E-state index in [2.05, 4.69) is 21.2 Å². The van der Waals surface area contributed by atoms with Gasteiger partial charge in [0.05, 0.1) is 24.7 Å². The van der Waals surface area contributed by atoms with E-state index in [9.17, 15) is 13.2 Å². The van der Waals surface area contributed by atoms with E-state index in [4.69, 9.17) is 4.74 Å². The van der Waals surface area contributed by atoms with Crippen LogP contribution in [0.1, 0.15) is 13.3 Å². The molecule has 0 saturated heterocycles. The number of methoxy groups -OCH3 is 1. The van der Waals surface area contributed by atoms with Gasteiger partial charge in [-0.2, -0.15) is 0 Å². The number of nitrogens with one attached hydrogen (secondary N) is 1. The molecule has 140 valence electrons. The van der Waals surface area contributed by atoms with E-state index in [-0.39, 0.29) is 0 Å². The highest BCUT2D eigenvalue weighted by molar-refractivity contribution is 9.10. The van der Waals surface area contributed by atoms with Crippen molar-refractivity contribution in [2.75, 3.05) is 23.0 Å². The highest BCUT2D eigenvalue weighted by atomic mass is 79.9. The zero-order valence-electron chi connectivity index (χ0n) is 14.8. The molecule has 26 heavy (non-hydrogen) atoms. The van der Waals surface area contributed by atoms with Gasteiger partial charge in [0, 0.05) is 10.5 Å². The Bertz CT molecular complexity index is 886. The minimum absolute atomic E-state index is 0.306. The standard InChI is InChI=1S/C18H21BrN2O4S/c1-4-17(18(22)20-16-11-6-5-10-15(16)19)21(26(3,23)24)13-8-7-9-14(12-13)25-2/h5-12,17H,4H2,1-3H3,(H,20,22)/t17-/m0/s1. The molecular formula is C18H21BrN2O4S. The Morgan fingerprint density at radius 3 is 2.50 bits per heavy atom. The molecule has 2 aromatic rings. The maximum Gasteiger partial charge on any atom is 0.248 e. The second-order valence-corrected chi connectivity index (χ2v) is 8.37. The van der Waals surface area contributed by atoms with E-state index in [0.717, 1.165) is 15.0 Å². The van der Waals surface area contributed by atoms with Gasteiger partial charge in [-0.05, 0) is 46.6 Å². The number of benzene rings is 2. The van der Waals surface area contributed by atoms with Gasteiger partial charge in [0.25, 0.3) is 0 Å². The number of anilines is 2. The van der Waals surface area contributed by atoms with E-state index < -0.39 is 22.0 Å². The molecule has 1 N–H and O–H groups in total. The number of sulfonamides is 1. The van der Waals surface area contributed by atoms with Crippen molar-refractivity contribution in [3.63, 3.8) is 0 Å². The van der Waals surface area contributed by atoms with Crippen LogP contribution >= 0.6 is 15.9 Å². The van der Waals surface area contributed by atoms with Gasteiger partial charge in [-0.25, -0.2) is 8.42 Å². The molecule has 0 fully saturated rings. The first kappa shape index (κ1) is 20.3. The van der Waals surface area contributed by atoms with Crippen LogP contribution in [0.4, 0.5) is 11.4 Å². The van der Waals surface area contributed by atoms with E-state index in [1.807, 2.05) is 6.07 Å². The highest BCUT2D eigenvalue weighted by Crippen LogP contribution is 2.28. The molecule has 0 unspecified atom stereocenters. The van der Waals surface area contributed by atoms with Crippen LogP contribution < -0.4 is 14.4 Å². The third-order valence-electron chi connectivity index (χ3n) is 3.77. The number of nitrogens with zero attached hydrogens (tertiary/aromatic N) is 1. The summed E-state index contributed by atoms with van der Waals surface area (Å²) in [5.41, 5.74) is 0.955. The third-order valence-corrected chi connectivity index (χ3v) is 5.64. The summed E-state index contributed by atoms with van der Waals surface area (Å²) in [6.07, 6.45) is 1.39. The van der Waals surface area contributed by atoms with Crippen LogP contribution in [0.3, 0.4) is 0 Å². The molecule has 0 aliphatic heterocycles. The van der Waals surface area contributed by atoms with Gasteiger partial charge in [0.1, 0.15) is 11.8 Å². The Morgan fingerprint density at radius 1 is 1.23 bits per heavy atom. The lowest BCUT2D eigenvalue weighted by Gasteiger charge is -2.30. The van der Waals surface area contributed by atoms with Crippen molar-refractivity contribution in [1.82, 2.24) is 0 Å². The van der Waals surface area contributed by atoms with Crippen molar-refractivity contribution >= 4 is 43.2 Å². The zero-order chi connectivity index (χ0) is 19.3. The SMILES string of the molecule is CC[C@@H](C(=O)Nc1ccccc1Br)N(c1cccc(OC)c1)S(C)(=O)=O. The van der Waals surface area contributed by atoms with Gasteiger partial charge < -0.3 is 10.1 Å². The summed E-state index contributed by atoms with van der Waals surface area (Å²) in [4.78, 5) is 12.8. The molecule has 0 spiro atoms. The van der Waals surface area contributed by atoms with Gasteiger partial charge in [-0.3, -0.25) is 9.10 Å². The highest BCUT2D eigenvalue weighted by Gasteiger charge is 2.32. The topological polar surface area (TPSA) is 75.7 Å². The Hall–Kier alpha value is -2.06. The number of rotatable bonds is 7. The van der Waals surface area contributed by atoms with Gasteiger partial charge in [-0.1, -0.05) is 25.1 Å². The summed E-state index contributed by atoms with van der Waals surface area (Å²) < 4.78 is 31.9. The van der Waals surface area contributed by atoms with Gasteiger partial charge >= 0.3 is 0 Å². The summed E-state index contributed by atoms with van der Waals surface area (Å²) >= 11 is 3.37. The number of carbonyl (C=O) groups is 1.